The molecular weight excluding hydrogens is 254 g/mol. The van der Waals surface area contributed by atoms with Crippen LogP contribution in [-0.2, 0) is 4.74 Å². The van der Waals surface area contributed by atoms with Gasteiger partial charge in [0.15, 0.2) is 0 Å². The Morgan fingerprint density at radius 2 is 2.25 bits per heavy atom. The van der Waals surface area contributed by atoms with Gasteiger partial charge >= 0.3 is 6.09 Å². The molecule has 2 heterocycles. The molecule has 1 N–H and O–H groups in total. The third-order valence-corrected chi connectivity index (χ3v) is 4.44. The predicted octanol–water partition coefficient (Wildman–Crippen LogP) is 2.40. The Hall–Kier alpha value is -1.52. The van der Waals surface area contributed by atoms with E-state index in [1.54, 1.807) is 4.90 Å². The Bertz CT molecular complexity index is 437. The number of rotatable bonds is 4. The van der Waals surface area contributed by atoms with Crippen LogP contribution in [-0.4, -0.2) is 43.4 Å². The van der Waals surface area contributed by atoms with E-state index in [4.69, 9.17) is 4.74 Å². The Morgan fingerprint density at radius 3 is 2.85 bits per heavy atom. The number of hydrogen-bond donors (Lipinski definition) is 1. The van der Waals surface area contributed by atoms with Crippen LogP contribution in [0.25, 0.3) is 0 Å². The quantitative estimate of drug-likeness (QED) is 0.859. The van der Waals surface area contributed by atoms with Crippen LogP contribution in [0.15, 0.2) is 16.9 Å². The number of nitrogens with one attached hydrogen (secondary N) is 1. The van der Waals surface area contributed by atoms with E-state index in [9.17, 15) is 4.79 Å². The van der Waals surface area contributed by atoms with E-state index in [1.165, 1.54) is 0 Å². The predicted molar refractivity (Wildman–Crippen MR) is 79.7 cm³/mol. The summed E-state index contributed by atoms with van der Waals surface area (Å²) in [4.78, 5) is 17.4. The van der Waals surface area contributed by atoms with Crippen molar-refractivity contribution in [1.29, 1.82) is 0 Å². The minimum absolute atomic E-state index is 0.0522. The van der Waals surface area contributed by atoms with E-state index in [0.29, 0.717) is 19.7 Å². The van der Waals surface area contributed by atoms with E-state index in [2.05, 4.69) is 44.2 Å². The molecule has 0 aromatic heterocycles. The van der Waals surface area contributed by atoms with Crippen molar-refractivity contribution in [3.8, 4) is 0 Å². The van der Waals surface area contributed by atoms with E-state index in [0.717, 1.165) is 18.7 Å². The second kappa shape index (κ2) is 5.46. The lowest BCUT2D eigenvalue weighted by atomic mass is 9.65. The Balaban J connectivity index is 1.84. The number of amides is 1. The summed E-state index contributed by atoms with van der Waals surface area (Å²) in [6.07, 6.45) is 4.68. The van der Waals surface area contributed by atoms with E-state index < -0.39 is 0 Å². The lowest BCUT2D eigenvalue weighted by molar-refractivity contribution is 0.158. The van der Waals surface area contributed by atoms with Crippen molar-refractivity contribution in [2.45, 2.75) is 34.1 Å². The van der Waals surface area contributed by atoms with E-state index in [1.807, 2.05) is 6.20 Å². The number of cyclic esters (lactones) is 1. The van der Waals surface area contributed by atoms with Gasteiger partial charge in [-0.05, 0) is 11.8 Å². The molecule has 0 radical (unpaired) electrons. The van der Waals surface area contributed by atoms with Gasteiger partial charge in [-0.2, -0.15) is 0 Å². The van der Waals surface area contributed by atoms with Crippen LogP contribution in [0.3, 0.4) is 0 Å². The summed E-state index contributed by atoms with van der Waals surface area (Å²) in [5.74, 6) is 0. The van der Waals surface area contributed by atoms with Gasteiger partial charge in [0.2, 0.25) is 0 Å². The maximum absolute atomic E-state index is 11.3. The van der Waals surface area contributed by atoms with Crippen LogP contribution in [0.4, 0.5) is 4.79 Å². The van der Waals surface area contributed by atoms with Crippen molar-refractivity contribution in [3.05, 3.63) is 11.9 Å². The fraction of sp³-hybridized carbons (Fsp3) is 0.733. The lowest BCUT2D eigenvalue weighted by Crippen LogP contribution is -2.39. The highest BCUT2D eigenvalue weighted by molar-refractivity contribution is 5.69. The molecule has 0 bridgehead atoms. The molecular formula is C15H25N3O2. The molecule has 0 saturated carbocycles. The third kappa shape index (κ3) is 3.14. The summed E-state index contributed by atoms with van der Waals surface area (Å²) in [5.41, 5.74) is 1.35. The largest absolute Gasteiger partial charge is 0.448 e. The van der Waals surface area contributed by atoms with Gasteiger partial charge in [-0.25, -0.2) is 4.79 Å². The standard InChI is InChI=1S/C15H25N3O2/c1-14(2,3)15(4)9-12(10-16-11-15)17-5-6-18-7-8-20-13(18)19/h10-11,17H,5-9H2,1-4H3. The molecule has 0 aliphatic carbocycles. The van der Waals surface area contributed by atoms with Gasteiger partial charge in [-0.1, -0.05) is 27.7 Å². The molecule has 0 aromatic rings. The van der Waals surface area contributed by atoms with Gasteiger partial charge < -0.3 is 15.0 Å². The topological polar surface area (TPSA) is 53.9 Å². The number of aliphatic imine (C=N–C) groups is 1. The Morgan fingerprint density at radius 1 is 1.50 bits per heavy atom. The molecule has 1 amide bonds. The fourth-order valence-electron chi connectivity index (χ4n) is 2.33. The Kier molecular flexibility index (Phi) is 4.06. The second-order valence-electron chi connectivity index (χ2n) is 6.80. The highest BCUT2D eigenvalue weighted by atomic mass is 16.6. The van der Waals surface area contributed by atoms with Crippen molar-refractivity contribution in [3.63, 3.8) is 0 Å². The number of ether oxygens (including phenoxy) is 1. The maximum atomic E-state index is 11.3. The van der Waals surface area contributed by atoms with Gasteiger partial charge in [-0.15, -0.1) is 0 Å². The molecule has 1 unspecified atom stereocenters. The average Bonchev–Trinajstić information content (AvgIpc) is 2.74. The summed E-state index contributed by atoms with van der Waals surface area (Å²) < 4.78 is 4.91. The van der Waals surface area contributed by atoms with Crippen LogP contribution in [0.2, 0.25) is 0 Å². The Labute approximate surface area is 121 Å². The van der Waals surface area contributed by atoms with Crippen LogP contribution in [0.1, 0.15) is 34.1 Å². The molecule has 112 valence electrons. The van der Waals surface area contributed by atoms with Crippen molar-refractivity contribution in [1.82, 2.24) is 10.2 Å². The average molecular weight is 279 g/mol. The van der Waals surface area contributed by atoms with Gasteiger partial charge in [0.25, 0.3) is 0 Å². The van der Waals surface area contributed by atoms with Crippen molar-refractivity contribution < 1.29 is 9.53 Å². The van der Waals surface area contributed by atoms with Gasteiger partial charge in [-0.3, -0.25) is 4.99 Å². The highest BCUT2D eigenvalue weighted by Crippen LogP contribution is 2.42. The SMILES string of the molecule is CC(C)(C)C1(C)C=NC=C(NCCN2CCOC2=O)C1. The maximum Gasteiger partial charge on any atom is 0.409 e. The molecule has 5 heteroatoms. The summed E-state index contributed by atoms with van der Waals surface area (Å²) >= 11 is 0. The van der Waals surface area contributed by atoms with Crippen molar-refractivity contribution >= 4 is 12.3 Å². The molecule has 1 saturated heterocycles. The fourth-order valence-corrected chi connectivity index (χ4v) is 2.33. The molecule has 20 heavy (non-hydrogen) atoms. The van der Waals surface area contributed by atoms with Crippen molar-refractivity contribution in [2.24, 2.45) is 15.8 Å². The zero-order valence-electron chi connectivity index (χ0n) is 12.9. The molecule has 2 aliphatic heterocycles. The molecule has 0 aromatic carbocycles. The van der Waals surface area contributed by atoms with Crippen molar-refractivity contribution in [2.75, 3.05) is 26.2 Å². The summed E-state index contributed by atoms with van der Waals surface area (Å²) in [7, 11) is 0. The first kappa shape index (κ1) is 14.9. The van der Waals surface area contributed by atoms with Gasteiger partial charge in [0, 0.05) is 36.6 Å². The first-order chi connectivity index (χ1) is 9.32. The van der Waals surface area contributed by atoms with Gasteiger partial charge in [0.1, 0.15) is 6.61 Å². The summed E-state index contributed by atoms with van der Waals surface area (Å²) in [5, 5.41) is 3.39. The molecule has 1 atom stereocenters. The molecule has 2 aliphatic rings. The third-order valence-electron chi connectivity index (χ3n) is 4.44. The zero-order valence-corrected chi connectivity index (χ0v) is 12.9. The number of allylic oxidation sites excluding steroid dienone is 1. The highest BCUT2D eigenvalue weighted by Gasteiger charge is 2.37. The number of carbonyl (C=O) groups is 1. The van der Waals surface area contributed by atoms with Crippen LogP contribution in [0, 0.1) is 10.8 Å². The molecule has 1 fully saturated rings. The second-order valence-corrected chi connectivity index (χ2v) is 6.80. The number of hydrogen-bond acceptors (Lipinski definition) is 4. The van der Waals surface area contributed by atoms with Gasteiger partial charge in [0.05, 0.1) is 6.54 Å². The minimum atomic E-state index is -0.207. The van der Waals surface area contributed by atoms with Crippen LogP contribution < -0.4 is 5.32 Å². The van der Waals surface area contributed by atoms with E-state index in [-0.39, 0.29) is 16.9 Å². The monoisotopic (exact) mass is 279 g/mol. The normalized spacial score (nSPS) is 26.5. The molecule has 0 spiro atoms. The lowest BCUT2D eigenvalue weighted by Gasteiger charge is -2.41. The smallest absolute Gasteiger partial charge is 0.409 e. The van der Waals surface area contributed by atoms with Crippen LogP contribution >= 0.6 is 0 Å². The minimum Gasteiger partial charge on any atom is -0.448 e. The first-order valence-corrected chi connectivity index (χ1v) is 7.21. The molecule has 5 nitrogen and oxygen atoms in total. The van der Waals surface area contributed by atoms with Crippen LogP contribution in [0.5, 0.6) is 0 Å². The summed E-state index contributed by atoms with van der Waals surface area (Å²) in [6, 6.07) is 0. The number of nitrogens with zero attached hydrogens (tertiary/aromatic N) is 2. The van der Waals surface area contributed by atoms with E-state index >= 15 is 0 Å². The summed E-state index contributed by atoms with van der Waals surface area (Å²) in [6.45, 7) is 11.6. The first-order valence-electron chi connectivity index (χ1n) is 7.21. The number of carbonyl (C=O) groups excluding carboxylic acids is 1. The molecule has 2 rings (SSSR count). The zero-order chi connectivity index (χ0) is 14.8.